The predicted molar refractivity (Wildman–Crippen MR) is 74.1 cm³/mol. The van der Waals surface area contributed by atoms with E-state index in [1.54, 1.807) is 7.11 Å². The monoisotopic (exact) mass is 263 g/mol. The Kier molecular flexibility index (Phi) is 4.52. The zero-order chi connectivity index (χ0) is 13.8. The zero-order valence-electron chi connectivity index (χ0n) is 11.7. The Hall–Kier alpha value is -1.43. The van der Waals surface area contributed by atoms with Gasteiger partial charge in [-0.15, -0.1) is 0 Å². The highest BCUT2D eigenvalue weighted by Gasteiger charge is 2.10. The van der Waals surface area contributed by atoms with Gasteiger partial charge in [-0.05, 0) is 31.7 Å². The Morgan fingerprint density at radius 3 is 3.05 bits per heavy atom. The molecule has 0 aliphatic heterocycles. The van der Waals surface area contributed by atoms with Crippen LogP contribution in [-0.4, -0.2) is 52.8 Å². The van der Waals surface area contributed by atoms with E-state index in [0.717, 1.165) is 17.9 Å². The summed E-state index contributed by atoms with van der Waals surface area (Å²) in [5, 5.41) is 9.71. The molecule has 0 bridgehead atoms. The lowest BCUT2D eigenvalue weighted by atomic mass is 10.3. The quantitative estimate of drug-likeness (QED) is 0.847. The molecule has 2 aromatic rings. The molecule has 0 aliphatic rings. The van der Waals surface area contributed by atoms with Gasteiger partial charge in [-0.2, -0.15) is 0 Å². The molecule has 0 fully saturated rings. The highest BCUT2D eigenvalue weighted by molar-refractivity contribution is 5.42. The van der Waals surface area contributed by atoms with Crippen molar-refractivity contribution in [3.63, 3.8) is 0 Å². The first-order chi connectivity index (χ1) is 9.10. The third-order valence-electron chi connectivity index (χ3n) is 3.06. The van der Waals surface area contributed by atoms with Crippen molar-refractivity contribution < 1.29 is 9.84 Å². The number of aliphatic hydroxyl groups is 1. The van der Waals surface area contributed by atoms with Crippen LogP contribution in [0.5, 0.6) is 0 Å². The van der Waals surface area contributed by atoms with E-state index in [9.17, 15) is 5.11 Å². The summed E-state index contributed by atoms with van der Waals surface area (Å²) < 4.78 is 7.00. The first kappa shape index (κ1) is 14.0. The molecule has 19 heavy (non-hydrogen) atoms. The maximum atomic E-state index is 9.71. The molecule has 0 saturated heterocycles. The van der Waals surface area contributed by atoms with Gasteiger partial charge < -0.3 is 14.2 Å². The highest BCUT2D eigenvalue weighted by atomic mass is 16.5. The molecule has 104 valence electrons. The first-order valence-corrected chi connectivity index (χ1v) is 6.38. The summed E-state index contributed by atoms with van der Waals surface area (Å²) in [5.74, 6) is 0. The lowest BCUT2D eigenvalue weighted by Crippen LogP contribution is -2.31. The molecule has 0 aromatic carbocycles. The third kappa shape index (κ3) is 3.53. The number of aliphatic hydroxyl groups excluding tert-OH is 1. The van der Waals surface area contributed by atoms with Crippen molar-refractivity contribution in [3.8, 4) is 0 Å². The first-order valence-electron chi connectivity index (χ1n) is 6.38. The van der Waals surface area contributed by atoms with E-state index in [-0.39, 0.29) is 0 Å². The van der Waals surface area contributed by atoms with Crippen LogP contribution < -0.4 is 0 Å². The van der Waals surface area contributed by atoms with E-state index >= 15 is 0 Å². The lowest BCUT2D eigenvalue weighted by molar-refractivity contribution is 0.0416. The fraction of sp³-hybridized carbons (Fsp3) is 0.500. The number of hydrogen-bond donors (Lipinski definition) is 1. The van der Waals surface area contributed by atoms with Gasteiger partial charge in [-0.1, -0.05) is 0 Å². The van der Waals surface area contributed by atoms with Crippen LogP contribution in [0.4, 0.5) is 0 Å². The predicted octanol–water partition coefficient (Wildman–Crippen LogP) is 1.08. The average molecular weight is 263 g/mol. The molecule has 1 unspecified atom stereocenters. The Balaban J connectivity index is 2.04. The number of rotatable bonds is 6. The van der Waals surface area contributed by atoms with Gasteiger partial charge in [0.15, 0.2) is 0 Å². The van der Waals surface area contributed by atoms with Gasteiger partial charge in [0.1, 0.15) is 5.65 Å². The van der Waals surface area contributed by atoms with Crippen molar-refractivity contribution in [1.29, 1.82) is 0 Å². The molecule has 0 amide bonds. The van der Waals surface area contributed by atoms with Gasteiger partial charge in [0.25, 0.3) is 0 Å². The molecule has 1 N–H and O–H groups in total. The number of hydrogen-bond acceptors (Lipinski definition) is 4. The maximum Gasteiger partial charge on any atom is 0.137 e. The molecule has 0 aliphatic carbocycles. The van der Waals surface area contributed by atoms with E-state index in [4.69, 9.17) is 4.74 Å². The highest BCUT2D eigenvalue weighted by Crippen LogP contribution is 2.10. The van der Waals surface area contributed by atoms with Crippen LogP contribution in [0.15, 0.2) is 24.5 Å². The van der Waals surface area contributed by atoms with E-state index < -0.39 is 6.10 Å². The van der Waals surface area contributed by atoms with Crippen LogP contribution in [0, 0.1) is 6.92 Å². The number of aromatic nitrogens is 2. The molecule has 2 aromatic heterocycles. The molecular weight excluding hydrogens is 242 g/mol. The Labute approximate surface area is 113 Å². The van der Waals surface area contributed by atoms with Gasteiger partial charge in [0.05, 0.1) is 24.6 Å². The number of likely N-dealkylation sites (N-methyl/N-ethyl adjacent to an activating group) is 1. The van der Waals surface area contributed by atoms with Crippen LogP contribution in [-0.2, 0) is 11.3 Å². The number of aryl methyl sites for hydroxylation is 1. The second kappa shape index (κ2) is 6.14. The minimum absolute atomic E-state index is 0.358. The largest absolute Gasteiger partial charge is 0.389 e. The Morgan fingerprint density at radius 1 is 1.53 bits per heavy atom. The normalized spacial score (nSPS) is 13.3. The Bertz CT molecular complexity index is 538. The molecule has 2 rings (SSSR count). The van der Waals surface area contributed by atoms with Crippen molar-refractivity contribution >= 4 is 5.65 Å². The topological polar surface area (TPSA) is 50.0 Å². The standard InChI is InChI=1S/C14H21N3O2/c1-11-4-5-17-12(7-15-14(17)6-11)8-16(2)9-13(18)10-19-3/h4-7,13,18H,8-10H2,1-3H3. The van der Waals surface area contributed by atoms with E-state index in [1.807, 2.05) is 19.4 Å². The number of pyridine rings is 1. The van der Waals surface area contributed by atoms with Gasteiger partial charge >= 0.3 is 0 Å². The van der Waals surface area contributed by atoms with Crippen LogP contribution in [0.25, 0.3) is 5.65 Å². The Morgan fingerprint density at radius 2 is 2.32 bits per heavy atom. The third-order valence-corrected chi connectivity index (χ3v) is 3.06. The summed E-state index contributed by atoms with van der Waals surface area (Å²) in [5.41, 5.74) is 3.27. The second-order valence-corrected chi connectivity index (χ2v) is 4.99. The SMILES string of the molecule is COCC(O)CN(C)Cc1cnc2cc(C)ccn12. The fourth-order valence-corrected chi connectivity index (χ4v) is 2.20. The van der Waals surface area contributed by atoms with Crippen molar-refractivity contribution in [1.82, 2.24) is 14.3 Å². The van der Waals surface area contributed by atoms with Crippen molar-refractivity contribution in [2.45, 2.75) is 19.6 Å². The van der Waals surface area contributed by atoms with Crippen LogP contribution in [0.1, 0.15) is 11.3 Å². The molecule has 0 saturated carbocycles. The smallest absolute Gasteiger partial charge is 0.137 e. The molecule has 0 spiro atoms. The summed E-state index contributed by atoms with van der Waals surface area (Å²) in [6.07, 6.45) is 3.46. The molecule has 5 heteroatoms. The van der Waals surface area contributed by atoms with E-state index in [0.29, 0.717) is 13.2 Å². The average Bonchev–Trinajstić information content (AvgIpc) is 2.71. The van der Waals surface area contributed by atoms with Crippen molar-refractivity contribution in [3.05, 3.63) is 35.8 Å². The van der Waals surface area contributed by atoms with Gasteiger partial charge in [0.2, 0.25) is 0 Å². The van der Waals surface area contributed by atoms with Crippen molar-refractivity contribution in [2.24, 2.45) is 0 Å². The number of ether oxygens (including phenoxy) is 1. The molecule has 5 nitrogen and oxygen atoms in total. The number of imidazole rings is 1. The summed E-state index contributed by atoms with van der Waals surface area (Å²) in [6.45, 7) is 3.73. The molecule has 2 heterocycles. The van der Waals surface area contributed by atoms with Gasteiger partial charge in [0, 0.05) is 26.4 Å². The molecule has 1 atom stereocenters. The zero-order valence-corrected chi connectivity index (χ0v) is 11.7. The molecule has 0 radical (unpaired) electrons. The van der Waals surface area contributed by atoms with Crippen molar-refractivity contribution in [2.75, 3.05) is 27.3 Å². The summed E-state index contributed by atoms with van der Waals surface area (Å²) in [6, 6.07) is 4.13. The second-order valence-electron chi connectivity index (χ2n) is 4.99. The number of nitrogens with zero attached hydrogens (tertiary/aromatic N) is 3. The van der Waals surface area contributed by atoms with Crippen LogP contribution >= 0.6 is 0 Å². The lowest BCUT2D eigenvalue weighted by Gasteiger charge is -2.19. The summed E-state index contributed by atoms with van der Waals surface area (Å²) in [4.78, 5) is 6.46. The summed E-state index contributed by atoms with van der Waals surface area (Å²) >= 11 is 0. The van der Waals surface area contributed by atoms with Gasteiger partial charge in [-0.25, -0.2) is 4.98 Å². The number of methoxy groups -OCH3 is 1. The van der Waals surface area contributed by atoms with Gasteiger partial charge in [-0.3, -0.25) is 4.90 Å². The number of fused-ring (bicyclic) bond motifs is 1. The minimum Gasteiger partial charge on any atom is -0.389 e. The summed E-state index contributed by atoms with van der Waals surface area (Å²) in [7, 11) is 3.57. The van der Waals surface area contributed by atoms with E-state index in [1.165, 1.54) is 5.56 Å². The molecular formula is C14H21N3O2. The van der Waals surface area contributed by atoms with Crippen LogP contribution in [0.3, 0.4) is 0 Å². The minimum atomic E-state index is -0.462. The fourth-order valence-electron chi connectivity index (χ4n) is 2.20. The van der Waals surface area contributed by atoms with E-state index in [2.05, 4.69) is 33.3 Å². The van der Waals surface area contributed by atoms with Crippen LogP contribution in [0.2, 0.25) is 0 Å². The maximum absolute atomic E-state index is 9.71.